The zero-order valence-electron chi connectivity index (χ0n) is 17.7. The molecule has 2 N–H and O–H groups in total. The first-order chi connectivity index (χ1) is 14.8. The minimum absolute atomic E-state index is 0.0835. The summed E-state index contributed by atoms with van der Waals surface area (Å²) in [6, 6.07) is 7.21. The van der Waals surface area contributed by atoms with Crippen LogP contribution in [0.1, 0.15) is 36.2 Å². The maximum atomic E-state index is 12.4. The fourth-order valence-corrected chi connectivity index (χ4v) is 2.55. The van der Waals surface area contributed by atoms with E-state index in [1.807, 2.05) is 0 Å². The number of nitro benzene ring substituents is 1. The molecule has 2 aromatic rings. The van der Waals surface area contributed by atoms with Gasteiger partial charge in [-0.15, -0.1) is 0 Å². The molecule has 0 fully saturated rings. The van der Waals surface area contributed by atoms with Gasteiger partial charge in [0.1, 0.15) is 0 Å². The van der Waals surface area contributed by atoms with Crippen LogP contribution in [0.25, 0.3) is 0 Å². The van der Waals surface area contributed by atoms with Crippen molar-refractivity contribution in [1.29, 1.82) is 0 Å². The Balaban J connectivity index is 2.11. The van der Waals surface area contributed by atoms with Gasteiger partial charge in [-0.2, -0.15) is 5.10 Å². The number of nitro groups is 1. The van der Waals surface area contributed by atoms with Crippen molar-refractivity contribution in [1.82, 2.24) is 5.43 Å². The fourth-order valence-electron chi connectivity index (χ4n) is 2.55. The molecule has 0 unspecified atom stereocenters. The predicted octanol–water partition coefficient (Wildman–Crippen LogP) is 3.51. The lowest BCUT2D eigenvalue weighted by Gasteiger charge is -2.12. The molecule has 10 heteroatoms. The number of phenolic OH excluding ortho intramolecular Hbond substituents is 1. The van der Waals surface area contributed by atoms with Gasteiger partial charge < -0.3 is 19.3 Å². The third kappa shape index (κ3) is 6.33. The molecule has 0 aliphatic carbocycles. The van der Waals surface area contributed by atoms with Crippen molar-refractivity contribution in [2.75, 3.05) is 20.8 Å². The molecule has 0 bridgehead atoms. The number of carbonyl (C=O) groups is 1. The van der Waals surface area contributed by atoms with Crippen LogP contribution in [0, 0.1) is 16.0 Å². The molecule has 1 amide bonds. The summed E-state index contributed by atoms with van der Waals surface area (Å²) in [5.74, 6) is 0.273. The number of aromatic hydroxyl groups is 1. The van der Waals surface area contributed by atoms with Gasteiger partial charge in [-0.3, -0.25) is 14.9 Å². The van der Waals surface area contributed by atoms with E-state index in [1.54, 1.807) is 12.1 Å². The molecule has 0 aromatic heterocycles. The number of benzene rings is 2. The van der Waals surface area contributed by atoms with Crippen LogP contribution in [0.3, 0.4) is 0 Å². The number of nitrogens with zero attached hydrogens (tertiary/aromatic N) is 2. The highest BCUT2D eigenvalue weighted by molar-refractivity contribution is 5.95. The first-order valence-electron chi connectivity index (χ1n) is 9.46. The molecule has 0 radical (unpaired) electrons. The summed E-state index contributed by atoms with van der Waals surface area (Å²) in [7, 11) is 2.75. The Morgan fingerprint density at radius 2 is 1.90 bits per heavy atom. The summed E-state index contributed by atoms with van der Waals surface area (Å²) in [4.78, 5) is 22.7. The van der Waals surface area contributed by atoms with Crippen molar-refractivity contribution in [2.24, 2.45) is 11.0 Å². The average molecular weight is 431 g/mol. The number of amides is 1. The van der Waals surface area contributed by atoms with Gasteiger partial charge in [-0.05, 0) is 36.6 Å². The highest BCUT2D eigenvalue weighted by Crippen LogP contribution is 2.36. The van der Waals surface area contributed by atoms with Crippen molar-refractivity contribution in [3.63, 3.8) is 0 Å². The zero-order valence-corrected chi connectivity index (χ0v) is 17.7. The first kappa shape index (κ1) is 23.5. The van der Waals surface area contributed by atoms with E-state index in [0.717, 1.165) is 12.5 Å². The number of nitrogens with one attached hydrogen (secondary N) is 1. The Labute approximate surface area is 179 Å². The van der Waals surface area contributed by atoms with Gasteiger partial charge in [0, 0.05) is 17.2 Å². The normalized spacial score (nSPS) is 10.9. The van der Waals surface area contributed by atoms with Crippen LogP contribution in [-0.4, -0.2) is 43.0 Å². The molecule has 2 aromatic carbocycles. The SMILES string of the molecule is COc1cc(C(=O)N/N=C/c2cc(OC)c(O)c([N+](=O)[O-])c2)ccc1OCCC(C)C. The molecule has 31 heavy (non-hydrogen) atoms. The van der Waals surface area contributed by atoms with Gasteiger partial charge >= 0.3 is 5.69 Å². The topological polar surface area (TPSA) is 133 Å². The zero-order chi connectivity index (χ0) is 23.0. The maximum Gasteiger partial charge on any atom is 0.315 e. The van der Waals surface area contributed by atoms with Crippen LogP contribution >= 0.6 is 0 Å². The maximum absolute atomic E-state index is 12.4. The summed E-state index contributed by atoms with van der Waals surface area (Å²) in [5.41, 5.74) is 2.35. The standard InChI is InChI=1S/C21H25N3O7/c1-13(2)7-8-31-17-6-5-15(11-18(17)29-3)21(26)23-22-12-14-9-16(24(27)28)20(25)19(10-14)30-4/h5-6,9-13,25H,7-8H2,1-4H3,(H,23,26)/b22-12+. The van der Waals surface area contributed by atoms with E-state index in [4.69, 9.17) is 14.2 Å². The number of rotatable bonds is 10. The number of hydrogen-bond donors (Lipinski definition) is 2. The van der Waals surface area contributed by atoms with Gasteiger partial charge in [0.25, 0.3) is 5.91 Å². The summed E-state index contributed by atoms with van der Waals surface area (Å²) < 4.78 is 15.9. The molecule has 0 saturated carbocycles. The van der Waals surface area contributed by atoms with E-state index in [0.29, 0.717) is 29.6 Å². The van der Waals surface area contributed by atoms with E-state index >= 15 is 0 Å². The number of hydrogen-bond acceptors (Lipinski definition) is 8. The van der Waals surface area contributed by atoms with Crippen molar-refractivity contribution in [3.8, 4) is 23.0 Å². The van der Waals surface area contributed by atoms with Crippen LogP contribution in [0.15, 0.2) is 35.4 Å². The quantitative estimate of drug-likeness (QED) is 0.334. The third-order valence-corrected chi connectivity index (χ3v) is 4.25. The molecule has 0 aliphatic rings. The minimum Gasteiger partial charge on any atom is -0.500 e. The predicted molar refractivity (Wildman–Crippen MR) is 114 cm³/mol. The highest BCUT2D eigenvalue weighted by Gasteiger charge is 2.19. The third-order valence-electron chi connectivity index (χ3n) is 4.25. The van der Waals surface area contributed by atoms with Crippen molar-refractivity contribution < 1.29 is 29.0 Å². The lowest BCUT2D eigenvalue weighted by Crippen LogP contribution is -2.17. The highest BCUT2D eigenvalue weighted by atomic mass is 16.6. The second-order valence-electron chi connectivity index (χ2n) is 6.94. The number of ether oxygens (including phenoxy) is 3. The summed E-state index contributed by atoms with van der Waals surface area (Å²) in [6.45, 7) is 4.73. The van der Waals surface area contributed by atoms with E-state index in [-0.39, 0.29) is 11.3 Å². The number of methoxy groups -OCH3 is 2. The molecule has 0 heterocycles. The van der Waals surface area contributed by atoms with Crippen molar-refractivity contribution in [3.05, 3.63) is 51.6 Å². The second kappa shape index (κ2) is 10.8. The minimum atomic E-state index is -0.745. The van der Waals surface area contributed by atoms with Gasteiger partial charge in [-0.25, -0.2) is 5.43 Å². The van der Waals surface area contributed by atoms with E-state index in [9.17, 15) is 20.0 Å². The van der Waals surface area contributed by atoms with Gasteiger partial charge in [0.2, 0.25) is 5.75 Å². The molecular weight excluding hydrogens is 406 g/mol. The Kier molecular flexibility index (Phi) is 8.18. The van der Waals surface area contributed by atoms with Crippen LogP contribution in [0.2, 0.25) is 0 Å². The van der Waals surface area contributed by atoms with E-state index < -0.39 is 22.3 Å². The summed E-state index contributed by atoms with van der Waals surface area (Å²) >= 11 is 0. The second-order valence-corrected chi connectivity index (χ2v) is 6.94. The fraction of sp³-hybridized carbons (Fsp3) is 0.333. The van der Waals surface area contributed by atoms with E-state index in [2.05, 4.69) is 24.4 Å². The van der Waals surface area contributed by atoms with Gasteiger partial charge in [0.05, 0.1) is 32.0 Å². The Bertz CT molecular complexity index is 974. The molecular formula is C21H25N3O7. The molecule has 0 spiro atoms. The van der Waals surface area contributed by atoms with Crippen molar-refractivity contribution in [2.45, 2.75) is 20.3 Å². The smallest absolute Gasteiger partial charge is 0.315 e. The lowest BCUT2D eigenvalue weighted by molar-refractivity contribution is -0.386. The summed E-state index contributed by atoms with van der Waals surface area (Å²) in [6.07, 6.45) is 2.09. The number of hydrazone groups is 1. The number of carbonyl (C=O) groups excluding carboxylic acids is 1. The number of phenols is 1. The molecule has 2 rings (SSSR count). The average Bonchev–Trinajstić information content (AvgIpc) is 2.74. The summed E-state index contributed by atoms with van der Waals surface area (Å²) in [5, 5.41) is 24.7. The Hall–Kier alpha value is -3.82. The lowest BCUT2D eigenvalue weighted by atomic mass is 10.1. The molecule has 0 saturated heterocycles. The first-order valence-corrected chi connectivity index (χ1v) is 9.46. The Morgan fingerprint density at radius 1 is 1.19 bits per heavy atom. The molecule has 10 nitrogen and oxygen atoms in total. The van der Waals surface area contributed by atoms with Crippen LogP contribution in [0.5, 0.6) is 23.0 Å². The Morgan fingerprint density at radius 3 is 2.52 bits per heavy atom. The van der Waals surface area contributed by atoms with Crippen LogP contribution in [0.4, 0.5) is 5.69 Å². The van der Waals surface area contributed by atoms with Crippen LogP contribution in [-0.2, 0) is 0 Å². The molecule has 0 atom stereocenters. The van der Waals surface area contributed by atoms with Gasteiger partial charge in [-0.1, -0.05) is 13.8 Å². The van der Waals surface area contributed by atoms with Gasteiger partial charge in [0.15, 0.2) is 17.2 Å². The largest absolute Gasteiger partial charge is 0.500 e. The van der Waals surface area contributed by atoms with Crippen molar-refractivity contribution >= 4 is 17.8 Å². The van der Waals surface area contributed by atoms with E-state index in [1.165, 1.54) is 32.6 Å². The molecule has 166 valence electrons. The molecule has 0 aliphatic heterocycles. The van der Waals surface area contributed by atoms with Crippen LogP contribution < -0.4 is 19.6 Å². The monoisotopic (exact) mass is 431 g/mol.